The molecule has 2 rings (SSSR count). The molecule has 1 N–H and O–H groups in total. The first-order valence-electron chi connectivity index (χ1n) is 4.42. The molecule has 1 aromatic heterocycles. The molecular weight excluding hydrogens is 195 g/mol. The summed E-state index contributed by atoms with van der Waals surface area (Å²) in [5.41, 5.74) is 0.0851. The molecule has 0 fully saturated rings. The van der Waals surface area contributed by atoms with Crippen LogP contribution in [0.4, 0.5) is 19.0 Å². The van der Waals surface area contributed by atoms with Gasteiger partial charge in [-0.2, -0.15) is 18.3 Å². The van der Waals surface area contributed by atoms with E-state index in [0.29, 0.717) is 12.4 Å². The molecule has 6 heteroatoms. The lowest BCUT2D eigenvalue weighted by molar-refractivity contribution is -0.127. The highest BCUT2D eigenvalue weighted by Gasteiger charge is 2.29. The van der Waals surface area contributed by atoms with Crippen LogP contribution in [0.5, 0.6) is 0 Å². The maximum atomic E-state index is 12.0. The predicted molar refractivity (Wildman–Crippen MR) is 45.1 cm³/mol. The Morgan fingerprint density at radius 3 is 2.93 bits per heavy atom. The molecule has 1 aromatic rings. The van der Waals surface area contributed by atoms with Gasteiger partial charge in [-0.15, -0.1) is 0 Å². The lowest BCUT2D eigenvalue weighted by Gasteiger charge is -2.14. The Bertz CT molecular complexity index is 306. The SMILES string of the molecule is FC(F)(F)Cc1cc2n(n1)CCCN2. The molecule has 0 saturated heterocycles. The summed E-state index contributed by atoms with van der Waals surface area (Å²) < 4.78 is 37.7. The van der Waals surface area contributed by atoms with E-state index in [1.165, 1.54) is 6.07 Å². The quantitative estimate of drug-likeness (QED) is 0.757. The highest BCUT2D eigenvalue weighted by atomic mass is 19.4. The Morgan fingerprint density at radius 1 is 1.50 bits per heavy atom. The van der Waals surface area contributed by atoms with Crippen LogP contribution >= 0.6 is 0 Å². The van der Waals surface area contributed by atoms with E-state index in [2.05, 4.69) is 10.4 Å². The first kappa shape index (κ1) is 9.36. The van der Waals surface area contributed by atoms with Crippen molar-refractivity contribution in [3.05, 3.63) is 11.8 Å². The second-order valence-electron chi connectivity index (χ2n) is 3.32. The summed E-state index contributed by atoms with van der Waals surface area (Å²) >= 11 is 0. The van der Waals surface area contributed by atoms with Crippen molar-refractivity contribution in [2.45, 2.75) is 25.6 Å². The first-order valence-corrected chi connectivity index (χ1v) is 4.42. The maximum Gasteiger partial charge on any atom is 0.394 e. The standard InChI is InChI=1S/C8H10F3N3/c9-8(10,11)5-6-4-7-12-2-1-3-14(7)13-6/h4,12H,1-3,5H2. The number of rotatable bonds is 1. The Kier molecular flexibility index (Phi) is 2.13. The second kappa shape index (κ2) is 3.18. The number of aromatic nitrogens is 2. The summed E-state index contributed by atoms with van der Waals surface area (Å²) in [5, 5.41) is 6.87. The molecule has 0 radical (unpaired) electrons. The topological polar surface area (TPSA) is 29.9 Å². The predicted octanol–water partition coefficient (Wildman–Crippen LogP) is 1.80. The van der Waals surface area contributed by atoms with Crippen molar-refractivity contribution in [3.8, 4) is 0 Å². The molecule has 3 nitrogen and oxygen atoms in total. The first-order chi connectivity index (χ1) is 6.54. The van der Waals surface area contributed by atoms with Crippen molar-refractivity contribution in [1.29, 1.82) is 0 Å². The molecule has 0 unspecified atom stereocenters. The number of anilines is 1. The summed E-state index contributed by atoms with van der Waals surface area (Å²) in [6.07, 6.45) is -4.22. The fourth-order valence-corrected chi connectivity index (χ4v) is 1.52. The molecule has 0 bridgehead atoms. The monoisotopic (exact) mass is 205 g/mol. The third-order valence-electron chi connectivity index (χ3n) is 2.06. The van der Waals surface area contributed by atoms with E-state index in [-0.39, 0.29) is 5.69 Å². The van der Waals surface area contributed by atoms with Gasteiger partial charge in [-0.1, -0.05) is 0 Å². The fourth-order valence-electron chi connectivity index (χ4n) is 1.52. The maximum absolute atomic E-state index is 12.0. The second-order valence-corrected chi connectivity index (χ2v) is 3.32. The van der Waals surface area contributed by atoms with Gasteiger partial charge in [-0.05, 0) is 6.42 Å². The van der Waals surface area contributed by atoms with Crippen LogP contribution in [0, 0.1) is 0 Å². The zero-order chi connectivity index (χ0) is 10.2. The number of nitrogens with zero attached hydrogens (tertiary/aromatic N) is 2. The van der Waals surface area contributed by atoms with Crippen molar-refractivity contribution in [2.24, 2.45) is 0 Å². The van der Waals surface area contributed by atoms with Crippen LogP contribution < -0.4 is 5.32 Å². The Labute approximate surface area is 78.9 Å². The third-order valence-corrected chi connectivity index (χ3v) is 2.06. The van der Waals surface area contributed by atoms with E-state index in [1.54, 1.807) is 4.68 Å². The minimum absolute atomic E-state index is 0.0851. The number of aryl methyl sites for hydroxylation is 1. The lowest BCUT2D eigenvalue weighted by Crippen LogP contribution is -2.17. The minimum atomic E-state index is -4.18. The summed E-state index contributed by atoms with van der Waals surface area (Å²) in [6.45, 7) is 1.50. The van der Waals surface area contributed by atoms with Crippen LogP contribution in [0.1, 0.15) is 12.1 Å². The van der Waals surface area contributed by atoms with Gasteiger partial charge in [0.25, 0.3) is 0 Å². The van der Waals surface area contributed by atoms with Gasteiger partial charge in [0.05, 0.1) is 12.1 Å². The third kappa shape index (κ3) is 2.00. The van der Waals surface area contributed by atoms with Crippen LogP contribution in [0.25, 0.3) is 0 Å². The number of hydrogen-bond donors (Lipinski definition) is 1. The highest BCUT2D eigenvalue weighted by molar-refractivity contribution is 5.38. The van der Waals surface area contributed by atoms with Crippen molar-refractivity contribution in [1.82, 2.24) is 9.78 Å². The fraction of sp³-hybridized carbons (Fsp3) is 0.625. The summed E-state index contributed by atoms with van der Waals surface area (Å²) in [4.78, 5) is 0. The smallest absolute Gasteiger partial charge is 0.370 e. The molecule has 0 aromatic carbocycles. The average Bonchev–Trinajstić information content (AvgIpc) is 2.42. The summed E-state index contributed by atoms with van der Waals surface area (Å²) in [6, 6.07) is 1.46. The Morgan fingerprint density at radius 2 is 2.29 bits per heavy atom. The van der Waals surface area contributed by atoms with Crippen LogP contribution in [0.15, 0.2) is 6.07 Å². The van der Waals surface area contributed by atoms with E-state index in [4.69, 9.17) is 0 Å². The zero-order valence-corrected chi connectivity index (χ0v) is 7.43. The normalized spacial score (nSPS) is 16.2. The Balaban J connectivity index is 2.16. The molecule has 0 atom stereocenters. The van der Waals surface area contributed by atoms with Gasteiger partial charge in [0.15, 0.2) is 0 Å². The zero-order valence-electron chi connectivity index (χ0n) is 7.43. The van der Waals surface area contributed by atoms with E-state index in [0.717, 1.165) is 13.0 Å². The molecule has 14 heavy (non-hydrogen) atoms. The summed E-state index contributed by atoms with van der Waals surface area (Å²) in [5.74, 6) is 0.690. The van der Waals surface area contributed by atoms with Crippen LogP contribution in [-0.4, -0.2) is 22.5 Å². The van der Waals surface area contributed by atoms with Gasteiger partial charge >= 0.3 is 6.18 Å². The van der Waals surface area contributed by atoms with Crippen LogP contribution in [-0.2, 0) is 13.0 Å². The highest BCUT2D eigenvalue weighted by Crippen LogP contribution is 2.23. The van der Waals surface area contributed by atoms with Gasteiger partial charge < -0.3 is 5.32 Å². The van der Waals surface area contributed by atoms with Crippen LogP contribution in [0.3, 0.4) is 0 Å². The van der Waals surface area contributed by atoms with E-state index < -0.39 is 12.6 Å². The van der Waals surface area contributed by atoms with E-state index in [1.807, 2.05) is 0 Å². The van der Waals surface area contributed by atoms with Gasteiger partial charge in [0, 0.05) is 19.2 Å². The summed E-state index contributed by atoms with van der Waals surface area (Å²) in [7, 11) is 0. The number of halogens is 3. The van der Waals surface area contributed by atoms with Gasteiger partial charge in [0.1, 0.15) is 5.82 Å². The molecular formula is C8H10F3N3. The molecule has 78 valence electrons. The molecule has 0 aliphatic carbocycles. The number of alkyl halides is 3. The molecule has 0 saturated carbocycles. The average molecular weight is 205 g/mol. The molecule has 2 heterocycles. The largest absolute Gasteiger partial charge is 0.394 e. The number of nitrogens with one attached hydrogen (secondary N) is 1. The molecule has 0 spiro atoms. The molecule has 1 aliphatic rings. The number of hydrogen-bond acceptors (Lipinski definition) is 2. The van der Waals surface area contributed by atoms with Gasteiger partial charge in [-0.3, -0.25) is 0 Å². The van der Waals surface area contributed by atoms with Gasteiger partial charge in [0.2, 0.25) is 0 Å². The van der Waals surface area contributed by atoms with Gasteiger partial charge in [-0.25, -0.2) is 4.68 Å². The van der Waals surface area contributed by atoms with E-state index in [9.17, 15) is 13.2 Å². The van der Waals surface area contributed by atoms with Crippen LogP contribution in [0.2, 0.25) is 0 Å². The van der Waals surface area contributed by atoms with Crippen molar-refractivity contribution in [3.63, 3.8) is 0 Å². The molecule has 0 amide bonds. The van der Waals surface area contributed by atoms with E-state index >= 15 is 0 Å². The minimum Gasteiger partial charge on any atom is -0.370 e. The van der Waals surface area contributed by atoms with Crippen molar-refractivity contribution in [2.75, 3.05) is 11.9 Å². The lowest BCUT2D eigenvalue weighted by atomic mass is 10.3. The van der Waals surface area contributed by atoms with Crippen molar-refractivity contribution >= 4 is 5.82 Å². The van der Waals surface area contributed by atoms with Crippen molar-refractivity contribution < 1.29 is 13.2 Å². The Hall–Kier alpha value is -1.20. The number of fused-ring (bicyclic) bond motifs is 1. The molecule has 1 aliphatic heterocycles.